The Kier molecular flexibility index (Phi) is 5.44. The minimum Gasteiger partial charge on any atom is -0.481 e. The molecule has 0 saturated heterocycles. The van der Waals surface area contributed by atoms with Crippen LogP contribution in [-0.4, -0.2) is 25.4 Å². The highest BCUT2D eigenvalue weighted by Crippen LogP contribution is 2.26. The number of hydrogen-bond acceptors (Lipinski definition) is 4. The van der Waals surface area contributed by atoms with Crippen molar-refractivity contribution in [3.05, 3.63) is 113 Å². The summed E-state index contributed by atoms with van der Waals surface area (Å²) in [6, 6.07) is 19.7. The fourth-order valence-electron chi connectivity index (χ4n) is 3.94. The van der Waals surface area contributed by atoms with E-state index in [9.17, 15) is 14.3 Å². The summed E-state index contributed by atoms with van der Waals surface area (Å²) in [7, 11) is 0. The SMILES string of the molecule is O=C(O)Cc1c(Cc2ccco2)nc2c(Cc3ccccc3F)nc(-c3ccccc3)cn12. The summed E-state index contributed by atoms with van der Waals surface area (Å²) in [5, 5.41) is 9.59. The van der Waals surface area contributed by atoms with Gasteiger partial charge >= 0.3 is 5.97 Å². The molecule has 164 valence electrons. The molecule has 0 aliphatic rings. The number of carbonyl (C=O) groups is 1. The highest BCUT2D eigenvalue weighted by atomic mass is 19.1. The van der Waals surface area contributed by atoms with Crippen molar-refractivity contribution < 1.29 is 18.7 Å². The first-order valence-electron chi connectivity index (χ1n) is 10.5. The minimum atomic E-state index is -0.966. The number of benzene rings is 2. The molecule has 2 aromatic carbocycles. The maximum absolute atomic E-state index is 14.5. The Balaban J connectivity index is 1.73. The van der Waals surface area contributed by atoms with Crippen molar-refractivity contribution in [1.82, 2.24) is 14.4 Å². The van der Waals surface area contributed by atoms with Gasteiger partial charge in [0.2, 0.25) is 0 Å². The molecule has 0 saturated carbocycles. The van der Waals surface area contributed by atoms with E-state index >= 15 is 0 Å². The molecule has 0 bridgehead atoms. The lowest BCUT2D eigenvalue weighted by molar-refractivity contribution is -0.136. The Morgan fingerprint density at radius 3 is 2.45 bits per heavy atom. The Labute approximate surface area is 189 Å². The Bertz CT molecular complexity index is 1430. The summed E-state index contributed by atoms with van der Waals surface area (Å²) in [6.07, 6.45) is 3.72. The topological polar surface area (TPSA) is 80.6 Å². The predicted octanol–water partition coefficient (Wildman–Crippen LogP) is 4.94. The number of halogens is 1. The third-order valence-electron chi connectivity index (χ3n) is 5.48. The summed E-state index contributed by atoms with van der Waals surface area (Å²) in [4.78, 5) is 21.3. The van der Waals surface area contributed by atoms with Gasteiger partial charge in [-0.1, -0.05) is 48.5 Å². The minimum absolute atomic E-state index is 0.214. The van der Waals surface area contributed by atoms with Crippen LogP contribution in [0.15, 0.2) is 83.6 Å². The molecule has 0 spiro atoms. The first-order valence-corrected chi connectivity index (χ1v) is 10.5. The van der Waals surface area contributed by atoms with Crippen LogP contribution in [0, 0.1) is 5.82 Å². The number of aliphatic carboxylic acids is 1. The first kappa shape index (κ1) is 20.6. The number of furan rings is 1. The average Bonchev–Trinajstić information content (AvgIpc) is 3.44. The molecule has 0 radical (unpaired) electrons. The zero-order chi connectivity index (χ0) is 22.8. The maximum atomic E-state index is 14.5. The number of carboxylic acid groups (broad SMARTS) is 1. The van der Waals surface area contributed by atoms with Crippen LogP contribution in [0.25, 0.3) is 16.9 Å². The summed E-state index contributed by atoms with van der Waals surface area (Å²) in [5.74, 6) is -0.612. The van der Waals surface area contributed by atoms with Crippen LogP contribution in [0.1, 0.15) is 28.4 Å². The molecule has 5 aromatic rings. The van der Waals surface area contributed by atoms with Gasteiger partial charge in [0.15, 0.2) is 5.65 Å². The highest BCUT2D eigenvalue weighted by Gasteiger charge is 2.21. The van der Waals surface area contributed by atoms with E-state index in [4.69, 9.17) is 14.4 Å². The summed E-state index contributed by atoms with van der Waals surface area (Å²) in [6.45, 7) is 0. The van der Waals surface area contributed by atoms with Gasteiger partial charge in [-0.3, -0.25) is 9.20 Å². The van der Waals surface area contributed by atoms with Gasteiger partial charge in [-0.05, 0) is 23.8 Å². The van der Waals surface area contributed by atoms with E-state index in [1.807, 2.05) is 36.4 Å². The number of fused-ring (bicyclic) bond motifs is 1. The van der Waals surface area contributed by atoms with Crippen LogP contribution >= 0.6 is 0 Å². The molecule has 5 rings (SSSR count). The smallest absolute Gasteiger partial charge is 0.309 e. The van der Waals surface area contributed by atoms with E-state index in [-0.39, 0.29) is 18.7 Å². The van der Waals surface area contributed by atoms with Crippen molar-refractivity contribution in [3.63, 3.8) is 0 Å². The predicted molar refractivity (Wildman–Crippen MR) is 120 cm³/mol. The molecule has 33 heavy (non-hydrogen) atoms. The maximum Gasteiger partial charge on any atom is 0.309 e. The van der Waals surface area contributed by atoms with E-state index in [1.165, 1.54) is 6.07 Å². The molecule has 0 unspecified atom stereocenters. The second kappa shape index (κ2) is 8.70. The van der Waals surface area contributed by atoms with Gasteiger partial charge in [-0.15, -0.1) is 0 Å². The standard InChI is InChI=1S/C26H20FN3O3/c27-20-11-5-4-9-18(20)13-22-26-29-21(14-19-10-6-12-33-19)24(15-25(31)32)30(26)16-23(28-22)17-7-2-1-3-8-17/h1-12,16H,13-15H2,(H,31,32). The van der Waals surface area contributed by atoms with Crippen molar-refractivity contribution >= 4 is 11.6 Å². The van der Waals surface area contributed by atoms with Crippen LogP contribution in [0.5, 0.6) is 0 Å². The van der Waals surface area contributed by atoms with Gasteiger partial charge in [0, 0.05) is 18.2 Å². The fraction of sp³-hybridized carbons (Fsp3) is 0.115. The largest absolute Gasteiger partial charge is 0.481 e. The second-order valence-corrected chi connectivity index (χ2v) is 7.73. The van der Waals surface area contributed by atoms with Crippen molar-refractivity contribution in [2.75, 3.05) is 0 Å². The number of aromatic nitrogens is 3. The van der Waals surface area contributed by atoms with Crippen molar-refractivity contribution in [3.8, 4) is 11.3 Å². The quantitative estimate of drug-likeness (QED) is 0.387. The normalized spacial score (nSPS) is 11.2. The van der Waals surface area contributed by atoms with E-state index < -0.39 is 5.97 Å². The van der Waals surface area contributed by atoms with Crippen molar-refractivity contribution in [2.45, 2.75) is 19.3 Å². The highest BCUT2D eigenvalue weighted by molar-refractivity contribution is 5.71. The van der Waals surface area contributed by atoms with Crippen LogP contribution < -0.4 is 0 Å². The van der Waals surface area contributed by atoms with E-state index in [0.29, 0.717) is 46.2 Å². The van der Waals surface area contributed by atoms with Gasteiger partial charge in [-0.2, -0.15) is 0 Å². The molecule has 0 atom stereocenters. The molecule has 3 heterocycles. The molecule has 7 heteroatoms. The molecule has 0 aliphatic heterocycles. The summed E-state index contributed by atoms with van der Waals surface area (Å²) < 4.78 is 21.7. The van der Waals surface area contributed by atoms with Gasteiger partial charge < -0.3 is 9.52 Å². The van der Waals surface area contributed by atoms with E-state index in [2.05, 4.69) is 0 Å². The second-order valence-electron chi connectivity index (χ2n) is 7.73. The van der Waals surface area contributed by atoms with Gasteiger partial charge in [0.1, 0.15) is 11.6 Å². The summed E-state index contributed by atoms with van der Waals surface area (Å²) >= 11 is 0. The van der Waals surface area contributed by atoms with Crippen molar-refractivity contribution in [1.29, 1.82) is 0 Å². The molecule has 0 aliphatic carbocycles. The van der Waals surface area contributed by atoms with E-state index in [1.54, 1.807) is 41.1 Å². The zero-order valence-corrected chi connectivity index (χ0v) is 17.6. The lowest BCUT2D eigenvalue weighted by Gasteiger charge is -2.10. The number of carboxylic acids is 1. The number of nitrogens with zero attached hydrogens (tertiary/aromatic N) is 3. The Hall–Kier alpha value is -4.26. The molecule has 3 aromatic heterocycles. The lowest BCUT2D eigenvalue weighted by atomic mass is 10.1. The first-order chi connectivity index (χ1) is 16.1. The number of hydrogen-bond donors (Lipinski definition) is 1. The Morgan fingerprint density at radius 2 is 1.73 bits per heavy atom. The fourth-order valence-corrected chi connectivity index (χ4v) is 3.94. The monoisotopic (exact) mass is 441 g/mol. The third kappa shape index (κ3) is 4.25. The average molecular weight is 441 g/mol. The van der Waals surface area contributed by atoms with E-state index in [0.717, 1.165) is 5.56 Å². The van der Waals surface area contributed by atoms with Crippen LogP contribution in [0.3, 0.4) is 0 Å². The molecular formula is C26H20FN3O3. The van der Waals surface area contributed by atoms with Gasteiger partial charge in [0.25, 0.3) is 0 Å². The molecule has 1 N–H and O–H groups in total. The van der Waals surface area contributed by atoms with Crippen LogP contribution in [0.2, 0.25) is 0 Å². The molecule has 0 amide bonds. The zero-order valence-electron chi connectivity index (χ0n) is 17.6. The molecule has 0 fully saturated rings. The van der Waals surface area contributed by atoms with Crippen LogP contribution in [0.4, 0.5) is 4.39 Å². The lowest BCUT2D eigenvalue weighted by Crippen LogP contribution is -2.08. The third-order valence-corrected chi connectivity index (χ3v) is 5.48. The van der Waals surface area contributed by atoms with Gasteiger partial charge in [0.05, 0.1) is 41.9 Å². The Morgan fingerprint density at radius 1 is 0.939 bits per heavy atom. The number of imidazole rings is 1. The number of rotatable bonds is 7. The molecule has 6 nitrogen and oxygen atoms in total. The van der Waals surface area contributed by atoms with Crippen molar-refractivity contribution in [2.24, 2.45) is 0 Å². The molecular weight excluding hydrogens is 421 g/mol. The van der Waals surface area contributed by atoms with Crippen LogP contribution in [-0.2, 0) is 24.1 Å². The van der Waals surface area contributed by atoms with Gasteiger partial charge in [-0.25, -0.2) is 14.4 Å². The summed E-state index contributed by atoms with van der Waals surface area (Å²) in [5.41, 5.74) is 4.24.